The number of carbonyl (C=O) groups is 1. The first-order chi connectivity index (χ1) is 17.9. The molecule has 192 valence electrons. The number of nitrogens with zero attached hydrogens (tertiary/aromatic N) is 7. The van der Waals surface area contributed by atoms with Crippen molar-refractivity contribution in [2.75, 3.05) is 5.32 Å². The number of para-hydroxylation sites is 1. The molecule has 4 aromatic rings. The SMILES string of the molecule is Cc1nc(-c2nnn(C)c2CNc2nc(C)n(-c3ccccc3)n2)ccc1O[C@H]1CCC[C@H](C(=O)O)C1. The Morgan fingerprint density at radius 1 is 1.14 bits per heavy atom. The van der Waals surface area contributed by atoms with Crippen molar-refractivity contribution in [1.29, 1.82) is 0 Å². The predicted molar refractivity (Wildman–Crippen MR) is 136 cm³/mol. The highest BCUT2D eigenvalue weighted by molar-refractivity contribution is 5.70. The van der Waals surface area contributed by atoms with Crippen molar-refractivity contribution in [2.24, 2.45) is 13.0 Å². The minimum Gasteiger partial charge on any atom is -0.489 e. The maximum Gasteiger partial charge on any atom is 0.306 e. The summed E-state index contributed by atoms with van der Waals surface area (Å²) in [6.07, 6.45) is 2.79. The van der Waals surface area contributed by atoms with Gasteiger partial charge in [-0.1, -0.05) is 23.4 Å². The molecule has 37 heavy (non-hydrogen) atoms. The van der Waals surface area contributed by atoms with Gasteiger partial charge in [-0.25, -0.2) is 14.3 Å². The van der Waals surface area contributed by atoms with Crippen LogP contribution in [0.2, 0.25) is 0 Å². The number of hydrogen-bond donors (Lipinski definition) is 2. The molecular formula is C26H30N8O3. The molecule has 1 aliphatic carbocycles. The molecule has 0 unspecified atom stereocenters. The lowest BCUT2D eigenvalue weighted by Gasteiger charge is -2.27. The molecule has 5 rings (SSSR count). The van der Waals surface area contributed by atoms with Gasteiger partial charge in [-0.15, -0.1) is 10.2 Å². The van der Waals surface area contributed by atoms with Crippen LogP contribution in [0.25, 0.3) is 17.1 Å². The second kappa shape index (κ2) is 10.4. The Kier molecular flexibility index (Phi) is 6.85. The molecule has 3 aromatic heterocycles. The van der Waals surface area contributed by atoms with Gasteiger partial charge < -0.3 is 15.2 Å². The molecule has 2 N–H and O–H groups in total. The molecule has 1 aliphatic rings. The van der Waals surface area contributed by atoms with Crippen LogP contribution in [-0.2, 0) is 18.4 Å². The van der Waals surface area contributed by atoms with Crippen molar-refractivity contribution < 1.29 is 14.6 Å². The van der Waals surface area contributed by atoms with E-state index in [1.165, 1.54) is 0 Å². The molecule has 0 spiro atoms. The summed E-state index contributed by atoms with van der Waals surface area (Å²) in [4.78, 5) is 20.7. The highest BCUT2D eigenvalue weighted by Crippen LogP contribution is 2.30. The Morgan fingerprint density at radius 2 is 1.95 bits per heavy atom. The monoisotopic (exact) mass is 502 g/mol. The molecule has 1 aromatic carbocycles. The van der Waals surface area contributed by atoms with Crippen LogP contribution in [0.5, 0.6) is 5.75 Å². The fraction of sp³-hybridized carbons (Fsp3) is 0.385. The van der Waals surface area contributed by atoms with Gasteiger partial charge in [0.1, 0.15) is 17.3 Å². The van der Waals surface area contributed by atoms with Gasteiger partial charge >= 0.3 is 5.97 Å². The van der Waals surface area contributed by atoms with E-state index in [-0.39, 0.29) is 12.0 Å². The molecule has 0 amide bonds. The summed E-state index contributed by atoms with van der Waals surface area (Å²) in [7, 11) is 1.83. The van der Waals surface area contributed by atoms with Gasteiger partial charge in [-0.2, -0.15) is 4.98 Å². The zero-order chi connectivity index (χ0) is 25.9. The Hall–Kier alpha value is -4.28. The number of aromatic nitrogens is 7. The first kappa shape index (κ1) is 24.4. The van der Waals surface area contributed by atoms with Gasteiger partial charge in [0.05, 0.1) is 41.3 Å². The molecule has 1 saturated carbocycles. The third-order valence-electron chi connectivity index (χ3n) is 6.68. The Balaban J connectivity index is 1.30. The molecule has 1 fully saturated rings. The summed E-state index contributed by atoms with van der Waals surface area (Å²) in [6, 6.07) is 13.6. The van der Waals surface area contributed by atoms with E-state index in [0.29, 0.717) is 42.5 Å². The second-order valence-electron chi connectivity index (χ2n) is 9.31. The van der Waals surface area contributed by atoms with Gasteiger partial charge in [0.15, 0.2) is 0 Å². The summed E-state index contributed by atoms with van der Waals surface area (Å²) in [5.41, 5.74) is 3.84. The summed E-state index contributed by atoms with van der Waals surface area (Å²) in [5, 5.41) is 25.8. The van der Waals surface area contributed by atoms with E-state index >= 15 is 0 Å². The number of ether oxygens (including phenoxy) is 1. The number of hydrogen-bond acceptors (Lipinski definition) is 8. The fourth-order valence-corrected chi connectivity index (χ4v) is 4.68. The minimum absolute atomic E-state index is 0.121. The van der Waals surface area contributed by atoms with Crippen LogP contribution in [0.4, 0.5) is 5.95 Å². The Morgan fingerprint density at radius 3 is 2.70 bits per heavy atom. The second-order valence-corrected chi connectivity index (χ2v) is 9.31. The van der Waals surface area contributed by atoms with Gasteiger partial charge in [-0.3, -0.25) is 4.79 Å². The lowest BCUT2D eigenvalue weighted by atomic mass is 9.87. The van der Waals surface area contributed by atoms with Crippen molar-refractivity contribution in [3.63, 3.8) is 0 Å². The molecule has 0 saturated heterocycles. The number of carboxylic acids is 1. The van der Waals surface area contributed by atoms with Crippen LogP contribution in [0.3, 0.4) is 0 Å². The van der Waals surface area contributed by atoms with E-state index < -0.39 is 5.97 Å². The topological polar surface area (TPSA) is 133 Å². The average Bonchev–Trinajstić information content (AvgIpc) is 3.46. The standard InChI is InChI=1S/C26H30N8O3/c1-16-23(37-20-11-7-8-18(14-20)25(35)36)13-12-21(28-16)24-22(33(3)32-30-24)15-27-26-29-17(2)34(31-26)19-9-5-4-6-10-19/h4-6,9-10,12-13,18,20H,7-8,11,14-15H2,1-3H3,(H,27,31)(H,35,36)/t18-,20-/m0/s1. The van der Waals surface area contributed by atoms with Crippen LogP contribution < -0.4 is 10.1 Å². The normalized spacial score (nSPS) is 17.5. The lowest BCUT2D eigenvalue weighted by molar-refractivity contribution is -0.143. The maximum absolute atomic E-state index is 11.4. The number of rotatable bonds is 8. The van der Waals surface area contributed by atoms with Crippen molar-refractivity contribution >= 4 is 11.9 Å². The largest absolute Gasteiger partial charge is 0.489 e. The Bertz CT molecular complexity index is 1400. The predicted octanol–water partition coefficient (Wildman–Crippen LogP) is 3.71. The molecule has 11 heteroatoms. The van der Waals surface area contributed by atoms with Crippen molar-refractivity contribution in [3.8, 4) is 22.8 Å². The van der Waals surface area contributed by atoms with Gasteiger partial charge in [0, 0.05) is 7.05 Å². The van der Waals surface area contributed by atoms with Gasteiger partial charge in [0.2, 0.25) is 5.95 Å². The number of anilines is 1. The molecule has 0 bridgehead atoms. The minimum atomic E-state index is -0.750. The molecule has 2 atom stereocenters. The van der Waals surface area contributed by atoms with Gasteiger partial charge in [-0.05, 0) is 63.8 Å². The number of carboxylic acid groups (broad SMARTS) is 1. The number of nitrogens with one attached hydrogen (secondary N) is 1. The van der Waals surface area contributed by atoms with Crippen LogP contribution in [0, 0.1) is 19.8 Å². The summed E-state index contributed by atoms with van der Waals surface area (Å²) in [5.74, 6) is 0.846. The van der Waals surface area contributed by atoms with Gasteiger partial charge in [0.25, 0.3) is 0 Å². The summed E-state index contributed by atoms with van der Waals surface area (Å²) >= 11 is 0. The van der Waals surface area contributed by atoms with E-state index in [1.54, 1.807) is 9.36 Å². The number of aliphatic carboxylic acids is 1. The van der Waals surface area contributed by atoms with Crippen LogP contribution in [0.1, 0.15) is 42.9 Å². The van der Waals surface area contributed by atoms with E-state index in [4.69, 9.17) is 9.72 Å². The van der Waals surface area contributed by atoms with Crippen molar-refractivity contribution in [2.45, 2.75) is 52.2 Å². The smallest absolute Gasteiger partial charge is 0.306 e. The number of benzene rings is 1. The molecule has 11 nitrogen and oxygen atoms in total. The number of aryl methyl sites for hydroxylation is 3. The number of pyridine rings is 1. The Labute approximate surface area is 214 Å². The van der Waals surface area contributed by atoms with Crippen LogP contribution >= 0.6 is 0 Å². The lowest BCUT2D eigenvalue weighted by Crippen LogP contribution is -2.29. The third-order valence-corrected chi connectivity index (χ3v) is 6.68. The molecule has 3 heterocycles. The fourth-order valence-electron chi connectivity index (χ4n) is 4.68. The van der Waals surface area contributed by atoms with E-state index in [0.717, 1.165) is 35.7 Å². The summed E-state index contributed by atoms with van der Waals surface area (Å²) < 4.78 is 9.65. The highest BCUT2D eigenvalue weighted by Gasteiger charge is 2.28. The first-order valence-electron chi connectivity index (χ1n) is 12.4. The first-order valence-corrected chi connectivity index (χ1v) is 12.4. The van der Waals surface area contributed by atoms with Crippen molar-refractivity contribution in [3.05, 3.63) is 59.7 Å². The maximum atomic E-state index is 11.4. The average molecular weight is 503 g/mol. The zero-order valence-corrected chi connectivity index (χ0v) is 21.1. The van der Waals surface area contributed by atoms with Crippen molar-refractivity contribution in [1.82, 2.24) is 34.7 Å². The van der Waals surface area contributed by atoms with E-state index in [9.17, 15) is 9.90 Å². The quantitative estimate of drug-likeness (QED) is 0.370. The molecule has 0 radical (unpaired) electrons. The van der Waals surface area contributed by atoms with Crippen LogP contribution in [0.15, 0.2) is 42.5 Å². The third kappa shape index (κ3) is 5.30. The van der Waals surface area contributed by atoms with E-state index in [1.807, 2.05) is 63.4 Å². The summed E-state index contributed by atoms with van der Waals surface area (Å²) in [6.45, 7) is 4.20. The molecular weight excluding hydrogens is 472 g/mol. The van der Waals surface area contributed by atoms with Crippen LogP contribution in [-0.4, -0.2) is 51.9 Å². The zero-order valence-electron chi connectivity index (χ0n) is 21.1. The van der Waals surface area contributed by atoms with E-state index in [2.05, 4.69) is 25.7 Å². The molecule has 0 aliphatic heterocycles. The highest BCUT2D eigenvalue weighted by atomic mass is 16.5.